The first kappa shape index (κ1) is 21.7. The fourth-order valence-electron chi connectivity index (χ4n) is 3.42. The molecule has 0 spiro atoms. The van der Waals surface area contributed by atoms with Crippen LogP contribution < -0.4 is 5.32 Å². The second-order valence-corrected chi connectivity index (χ2v) is 7.20. The molecule has 2 N–H and O–H groups in total. The Hall–Kier alpha value is -2.99. The van der Waals surface area contributed by atoms with Crippen molar-refractivity contribution in [2.24, 2.45) is 4.99 Å². The van der Waals surface area contributed by atoms with Gasteiger partial charge in [-0.2, -0.15) is 0 Å². The number of rotatable bonds is 6. The molecule has 1 aromatic rings. The van der Waals surface area contributed by atoms with Crippen molar-refractivity contribution >= 4 is 30.1 Å². The average molecular weight is 424 g/mol. The van der Waals surface area contributed by atoms with Gasteiger partial charge in [-0.1, -0.05) is 0 Å². The third-order valence-electron chi connectivity index (χ3n) is 4.78. The number of aliphatic hydroxyl groups is 1. The largest absolute Gasteiger partial charge is 0.463 e. The Morgan fingerprint density at radius 1 is 1.20 bits per heavy atom. The van der Waals surface area contributed by atoms with Gasteiger partial charge in [0.05, 0.1) is 19.3 Å². The SMILES string of the molecule is CC(=O)OC[C@H]1O[C@@H](n2cnc3c2NC=NC3(C)CO)[C@H](OC(C)=O)[C@@H]1OC(C)=O. The molecule has 2 aliphatic rings. The summed E-state index contributed by atoms with van der Waals surface area (Å²) in [5, 5.41) is 12.7. The number of hydrogen-bond acceptors (Lipinski definition) is 11. The Bertz CT molecular complexity index is 868. The van der Waals surface area contributed by atoms with E-state index >= 15 is 0 Å². The number of hydrogen-bond donors (Lipinski definition) is 2. The molecule has 0 radical (unpaired) electrons. The van der Waals surface area contributed by atoms with Gasteiger partial charge in [0.1, 0.15) is 29.8 Å². The fraction of sp³-hybridized carbons (Fsp3) is 0.611. The molecule has 1 saturated heterocycles. The van der Waals surface area contributed by atoms with E-state index in [9.17, 15) is 19.5 Å². The second-order valence-electron chi connectivity index (χ2n) is 7.20. The lowest BCUT2D eigenvalue weighted by Crippen LogP contribution is -2.40. The molecule has 0 aromatic carbocycles. The second kappa shape index (κ2) is 8.40. The fourth-order valence-corrected chi connectivity index (χ4v) is 3.42. The van der Waals surface area contributed by atoms with Gasteiger partial charge >= 0.3 is 17.9 Å². The van der Waals surface area contributed by atoms with Crippen molar-refractivity contribution in [1.82, 2.24) is 9.55 Å². The molecule has 164 valence electrons. The van der Waals surface area contributed by atoms with E-state index in [1.807, 2.05) is 0 Å². The number of carbonyl (C=O) groups is 3. The smallest absolute Gasteiger partial charge is 0.303 e. The number of aliphatic imine (C=N–C) groups is 1. The minimum atomic E-state index is -1.04. The normalized spacial score (nSPS) is 29.6. The predicted molar refractivity (Wildman–Crippen MR) is 100 cm³/mol. The van der Waals surface area contributed by atoms with E-state index in [4.69, 9.17) is 18.9 Å². The van der Waals surface area contributed by atoms with Crippen LogP contribution in [-0.4, -0.2) is 70.4 Å². The monoisotopic (exact) mass is 424 g/mol. The van der Waals surface area contributed by atoms with Crippen LogP contribution in [0.1, 0.15) is 39.6 Å². The molecular weight excluding hydrogens is 400 g/mol. The number of aliphatic hydroxyl groups excluding tert-OH is 1. The molecule has 5 atom stereocenters. The van der Waals surface area contributed by atoms with Crippen LogP contribution in [0.15, 0.2) is 11.3 Å². The molecule has 0 aliphatic carbocycles. The first-order chi connectivity index (χ1) is 14.2. The van der Waals surface area contributed by atoms with Crippen molar-refractivity contribution in [2.45, 2.75) is 57.8 Å². The predicted octanol–water partition coefficient (Wildman–Crippen LogP) is -0.132. The molecule has 1 unspecified atom stereocenters. The van der Waals surface area contributed by atoms with Crippen LogP contribution in [0.25, 0.3) is 0 Å². The lowest BCUT2D eigenvalue weighted by Gasteiger charge is -2.28. The van der Waals surface area contributed by atoms with Gasteiger partial charge in [-0.15, -0.1) is 0 Å². The van der Waals surface area contributed by atoms with Gasteiger partial charge in [0.25, 0.3) is 0 Å². The summed E-state index contributed by atoms with van der Waals surface area (Å²) in [6, 6.07) is 0. The Balaban J connectivity index is 1.99. The van der Waals surface area contributed by atoms with Crippen molar-refractivity contribution in [2.75, 3.05) is 18.5 Å². The van der Waals surface area contributed by atoms with Gasteiger partial charge in [0, 0.05) is 20.8 Å². The summed E-state index contributed by atoms with van der Waals surface area (Å²) in [6.07, 6.45) is -1.02. The summed E-state index contributed by atoms with van der Waals surface area (Å²) in [5.74, 6) is -1.29. The van der Waals surface area contributed by atoms with E-state index in [1.54, 1.807) is 11.5 Å². The van der Waals surface area contributed by atoms with Crippen molar-refractivity contribution in [3.05, 3.63) is 12.0 Å². The Labute approximate surface area is 172 Å². The highest BCUT2D eigenvalue weighted by Gasteiger charge is 2.51. The summed E-state index contributed by atoms with van der Waals surface area (Å²) < 4.78 is 23.4. The van der Waals surface area contributed by atoms with E-state index in [2.05, 4.69) is 15.3 Å². The maximum atomic E-state index is 11.8. The molecule has 12 nitrogen and oxygen atoms in total. The quantitative estimate of drug-likeness (QED) is 0.467. The van der Waals surface area contributed by atoms with Crippen LogP contribution in [0, 0.1) is 0 Å². The van der Waals surface area contributed by atoms with Gasteiger partial charge in [-0.05, 0) is 6.92 Å². The zero-order valence-corrected chi connectivity index (χ0v) is 17.0. The van der Waals surface area contributed by atoms with Gasteiger partial charge in [-0.3, -0.25) is 23.9 Å². The lowest BCUT2D eigenvalue weighted by atomic mass is 9.99. The number of esters is 3. The van der Waals surface area contributed by atoms with Crippen LogP contribution in [-0.2, 0) is 38.9 Å². The molecule has 1 fully saturated rings. The van der Waals surface area contributed by atoms with Gasteiger partial charge in [0.2, 0.25) is 0 Å². The summed E-state index contributed by atoms with van der Waals surface area (Å²) in [7, 11) is 0. The molecule has 3 heterocycles. The van der Waals surface area contributed by atoms with E-state index in [0.29, 0.717) is 11.5 Å². The highest BCUT2D eigenvalue weighted by molar-refractivity contribution is 5.79. The summed E-state index contributed by atoms with van der Waals surface area (Å²) >= 11 is 0. The molecule has 0 bridgehead atoms. The van der Waals surface area contributed by atoms with E-state index < -0.39 is 48.0 Å². The highest BCUT2D eigenvalue weighted by Crippen LogP contribution is 2.40. The number of imidazole rings is 1. The molecule has 0 amide bonds. The maximum Gasteiger partial charge on any atom is 0.303 e. The topological polar surface area (TPSA) is 151 Å². The van der Waals surface area contributed by atoms with E-state index in [-0.39, 0.29) is 13.2 Å². The molecule has 12 heteroatoms. The Morgan fingerprint density at radius 3 is 2.47 bits per heavy atom. The zero-order chi connectivity index (χ0) is 22.1. The van der Waals surface area contributed by atoms with Gasteiger partial charge in [-0.25, -0.2) is 4.98 Å². The van der Waals surface area contributed by atoms with Crippen LogP contribution in [0.3, 0.4) is 0 Å². The first-order valence-electron chi connectivity index (χ1n) is 9.28. The highest BCUT2D eigenvalue weighted by atomic mass is 16.7. The number of fused-ring (bicyclic) bond motifs is 1. The Kier molecular flexibility index (Phi) is 6.08. The summed E-state index contributed by atoms with van der Waals surface area (Å²) in [5.41, 5.74) is -0.501. The molecule has 3 rings (SSSR count). The van der Waals surface area contributed by atoms with Crippen LogP contribution in [0.4, 0.5) is 5.82 Å². The maximum absolute atomic E-state index is 11.8. The number of carbonyl (C=O) groups excluding carboxylic acids is 3. The van der Waals surface area contributed by atoms with E-state index in [1.165, 1.54) is 33.4 Å². The van der Waals surface area contributed by atoms with Crippen LogP contribution >= 0.6 is 0 Å². The third-order valence-corrected chi connectivity index (χ3v) is 4.78. The lowest BCUT2D eigenvalue weighted by molar-refractivity contribution is -0.166. The minimum Gasteiger partial charge on any atom is -0.463 e. The average Bonchev–Trinajstić information content (AvgIpc) is 3.23. The number of ether oxygens (including phenoxy) is 4. The molecule has 2 aliphatic heterocycles. The van der Waals surface area contributed by atoms with Crippen molar-refractivity contribution in [3.8, 4) is 0 Å². The van der Waals surface area contributed by atoms with Crippen molar-refractivity contribution < 1.29 is 38.4 Å². The number of anilines is 1. The molecule has 30 heavy (non-hydrogen) atoms. The zero-order valence-electron chi connectivity index (χ0n) is 17.0. The standard InChI is InChI=1S/C18H24N4O8/c1-9(24)27-5-12-13(28-10(2)25)14(29-11(3)26)17(30-12)22-8-20-15-16(22)19-7-21-18(15,4)6-23/h7-8,12-14,17,23H,5-6H2,1-4H3,(H,19,21)/t12-,13-,14-,17-,18?/m1/s1. The van der Waals surface area contributed by atoms with Crippen molar-refractivity contribution in [3.63, 3.8) is 0 Å². The molecular formula is C18H24N4O8. The van der Waals surface area contributed by atoms with Crippen LogP contribution in [0.2, 0.25) is 0 Å². The minimum absolute atomic E-state index is 0.207. The first-order valence-corrected chi connectivity index (χ1v) is 9.28. The van der Waals surface area contributed by atoms with Gasteiger partial charge < -0.3 is 29.4 Å². The number of aromatic nitrogens is 2. The third kappa shape index (κ3) is 4.14. The molecule has 0 saturated carbocycles. The number of nitrogens with one attached hydrogen (secondary N) is 1. The van der Waals surface area contributed by atoms with E-state index in [0.717, 1.165) is 0 Å². The number of nitrogens with zero attached hydrogens (tertiary/aromatic N) is 3. The van der Waals surface area contributed by atoms with Gasteiger partial charge in [0.15, 0.2) is 18.4 Å². The van der Waals surface area contributed by atoms with Crippen LogP contribution in [0.5, 0.6) is 0 Å². The summed E-state index contributed by atoms with van der Waals surface area (Å²) in [4.78, 5) is 43.3. The Morgan fingerprint density at radius 2 is 1.87 bits per heavy atom. The summed E-state index contributed by atoms with van der Waals surface area (Å²) in [6.45, 7) is 4.90. The van der Waals surface area contributed by atoms with Crippen molar-refractivity contribution in [1.29, 1.82) is 0 Å². The molecule has 1 aromatic heterocycles.